The van der Waals surface area contributed by atoms with Crippen molar-refractivity contribution in [2.45, 2.75) is 57.7 Å². The Hall–Kier alpha value is -1.55. The van der Waals surface area contributed by atoms with Crippen LogP contribution in [0.15, 0.2) is 18.2 Å². The summed E-state index contributed by atoms with van der Waals surface area (Å²) in [6.45, 7) is 4.21. The van der Waals surface area contributed by atoms with Crippen LogP contribution in [0.2, 0.25) is 0 Å². The molecule has 0 saturated carbocycles. The smallest absolute Gasteiger partial charge is 0.258 e. The number of benzene rings is 1. The zero-order chi connectivity index (χ0) is 14.8. The summed E-state index contributed by atoms with van der Waals surface area (Å²) in [5.74, 6) is 0.748. The molecule has 114 valence electrons. The van der Waals surface area contributed by atoms with Crippen LogP contribution in [-0.4, -0.2) is 30.6 Å². The lowest BCUT2D eigenvalue weighted by atomic mass is 10.00. The predicted octanol–water partition coefficient (Wildman–Crippen LogP) is 2.08. The van der Waals surface area contributed by atoms with Crippen molar-refractivity contribution < 1.29 is 9.53 Å². The first kappa shape index (κ1) is 14.4. The second kappa shape index (κ2) is 6.06. The van der Waals surface area contributed by atoms with Crippen molar-refractivity contribution in [3.05, 3.63) is 29.3 Å². The number of nitrogens with one attached hydrogen (secondary N) is 2. The molecule has 4 heteroatoms. The van der Waals surface area contributed by atoms with Gasteiger partial charge in [-0.05, 0) is 62.8 Å². The minimum atomic E-state index is -0.0143. The van der Waals surface area contributed by atoms with Crippen LogP contribution in [0.4, 0.5) is 0 Å². The number of ether oxygens (including phenoxy) is 1. The molecule has 0 aliphatic carbocycles. The molecular formula is C17H24N2O2. The molecule has 2 atom stereocenters. The average Bonchev–Trinajstić information content (AvgIpc) is 2.79. The van der Waals surface area contributed by atoms with Crippen LogP contribution in [0, 0.1) is 13.8 Å². The summed E-state index contributed by atoms with van der Waals surface area (Å²) in [6.07, 6.45) is 4.59. The van der Waals surface area contributed by atoms with E-state index in [0.29, 0.717) is 18.1 Å². The molecule has 2 saturated heterocycles. The number of piperidine rings is 1. The molecule has 21 heavy (non-hydrogen) atoms. The predicted molar refractivity (Wildman–Crippen MR) is 82.5 cm³/mol. The number of hydrogen-bond donors (Lipinski definition) is 2. The van der Waals surface area contributed by atoms with E-state index in [0.717, 1.165) is 18.6 Å². The average molecular weight is 288 g/mol. The zero-order valence-electron chi connectivity index (χ0n) is 12.8. The maximum Gasteiger partial charge on any atom is 0.258 e. The fourth-order valence-corrected chi connectivity index (χ4v) is 3.40. The molecule has 3 rings (SSSR count). The molecule has 2 fully saturated rings. The second-order valence-corrected chi connectivity index (χ2v) is 6.41. The molecule has 0 radical (unpaired) electrons. The first-order valence-corrected chi connectivity index (χ1v) is 7.85. The molecule has 4 nitrogen and oxygen atoms in total. The lowest BCUT2D eigenvalue weighted by Crippen LogP contribution is -2.48. The zero-order valence-corrected chi connectivity index (χ0v) is 12.8. The van der Waals surface area contributed by atoms with E-state index in [1.807, 2.05) is 25.1 Å². The summed E-state index contributed by atoms with van der Waals surface area (Å²) < 4.78 is 5.59. The number of fused-ring (bicyclic) bond motifs is 2. The van der Waals surface area contributed by atoms with Gasteiger partial charge in [0, 0.05) is 18.1 Å². The minimum Gasteiger partial charge on any atom is -0.484 e. The Kier molecular flexibility index (Phi) is 4.15. The molecular weight excluding hydrogens is 264 g/mol. The molecule has 0 aromatic heterocycles. The Bertz CT molecular complexity index is 518. The van der Waals surface area contributed by atoms with E-state index in [1.54, 1.807) is 0 Å². The minimum absolute atomic E-state index is 0.0143. The fourth-order valence-electron chi connectivity index (χ4n) is 3.40. The number of amides is 1. The monoisotopic (exact) mass is 288 g/mol. The van der Waals surface area contributed by atoms with Gasteiger partial charge in [0.25, 0.3) is 5.91 Å². The molecule has 0 spiro atoms. The third kappa shape index (κ3) is 3.56. The molecule has 2 aliphatic heterocycles. The molecule has 1 aromatic rings. The van der Waals surface area contributed by atoms with Gasteiger partial charge < -0.3 is 15.4 Å². The van der Waals surface area contributed by atoms with Gasteiger partial charge in [0.15, 0.2) is 6.61 Å². The van der Waals surface area contributed by atoms with Crippen LogP contribution < -0.4 is 15.4 Å². The summed E-state index contributed by atoms with van der Waals surface area (Å²) in [4.78, 5) is 12.0. The summed E-state index contributed by atoms with van der Waals surface area (Å²) in [5, 5.41) is 6.69. The van der Waals surface area contributed by atoms with Gasteiger partial charge >= 0.3 is 0 Å². The molecule has 1 aromatic carbocycles. The van der Waals surface area contributed by atoms with Crippen LogP contribution in [0.25, 0.3) is 0 Å². The summed E-state index contributed by atoms with van der Waals surface area (Å²) in [7, 11) is 0. The molecule has 2 N–H and O–H groups in total. The molecule has 2 unspecified atom stereocenters. The number of rotatable bonds is 4. The van der Waals surface area contributed by atoms with Crippen molar-refractivity contribution in [2.75, 3.05) is 6.61 Å². The van der Waals surface area contributed by atoms with E-state index in [4.69, 9.17) is 4.74 Å². The van der Waals surface area contributed by atoms with Crippen molar-refractivity contribution in [3.63, 3.8) is 0 Å². The van der Waals surface area contributed by atoms with Crippen molar-refractivity contribution >= 4 is 5.91 Å². The second-order valence-electron chi connectivity index (χ2n) is 6.41. The Morgan fingerprint density at radius 2 is 1.95 bits per heavy atom. The van der Waals surface area contributed by atoms with Crippen LogP contribution in [0.5, 0.6) is 5.75 Å². The van der Waals surface area contributed by atoms with Gasteiger partial charge in [-0.25, -0.2) is 0 Å². The van der Waals surface area contributed by atoms with E-state index < -0.39 is 0 Å². The van der Waals surface area contributed by atoms with E-state index in [2.05, 4.69) is 17.6 Å². The van der Waals surface area contributed by atoms with Crippen LogP contribution in [-0.2, 0) is 4.79 Å². The SMILES string of the molecule is Cc1ccc(OCC(=O)NC2CC3CCC(C2)N3)cc1C. The number of carbonyl (C=O) groups excluding carboxylic acids is 1. The van der Waals surface area contributed by atoms with Gasteiger partial charge in [-0.1, -0.05) is 6.07 Å². The van der Waals surface area contributed by atoms with Crippen LogP contribution >= 0.6 is 0 Å². The highest BCUT2D eigenvalue weighted by Crippen LogP contribution is 2.26. The van der Waals surface area contributed by atoms with Gasteiger partial charge in [-0.15, -0.1) is 0 Å². The molecule has 1 amide bonds. The van der Waals surface area contributed by atoms with Crippen molar-refractivity contribution in [1.82, 2.24) is 10.6 Å². The summed E-state index contributed by atoms with van der Waals surface area (Å²) in [5.41, 5.74) is 2.42. The number of aryl methyl sites for hydroxylation is 2. The van der Waals surface area contributed by atoms with Gasteiger partial charge in [0.2, 0.25) is 0 Å². The first-order valence-electron chi connectivity index (χ1n) is 7.85. The molecule has 2 bridgehead atoms. The first-order chi connectivity index (χ1) is 10.1. The van der Waals surface area contributed by atoms with E-state index in [-0.39, 0.29) is 12.5 Å². The largest absolute Gasteiger partial charge is 0.484 e. The Morgan fingerprint density at radius 3 is 2.62 bits per heavy atom. The van der Waals surface area contributed by atoms with E-state index in [9.17, 15) is 4.79 Å². The normalized spacial score (nSPS) is 27.4. The topological polar surface area (TPSA) is 50.4 Å². The highest BCUT2D eigenvalue weighted by molar-refractivity contribution is 5.77. The Labute approximate surface area is 126 Å². The quantitative estimate of drug-likeness (QED) is 0.892. The van der Waals surface area contributed by atoms with Crippen molar-refractivity contribution in [2.24, 2.45) is 0 Å². The van der Waals surface area contributed by atoms with E-state index in [1.165, 1.54) is 24.0 Å². The van der Waals surface area contributed by atoms with Crippen LogP contribution in [0.3, 0.4) is 0 Å². The van der Waals surface area contributed by atoms with Gasteiger partial charge in [0.1, 0.15) is 5.75 Å². The van der Waals surface area contributed by atoms with Crippen molar-refractivity contribution in [1.29, 1.82) is 0 Å². The Balaban J connectivity index is 1.47. The third-order valence-corrected chi connectivity index (χ3v) is 4.69. The molecule has 2 heterocycles. The maximum atomic E-state index is 12.0. The lowest BCUT2D eigenvalue weighted by molar-refractivity contribution is -0.124. The number of hydrogen-bond acceptors (Lipinski definition) is 3. The highest BCUT2D eigenvalue weighted by atomic mass is 16.5. The van der Waals surface area contributed by atoms with Gasteiger partial charge in [0.05, 0.1) is 0 Å². The Morgan fingerprint density at radius 1 is 1.24 bits per heavy atom. The van der Waals surface area contributed by atoms with Crippen molar-refractivity contribution in [3.8, 4) is 5.75 Å². The number of carbonyl (C=O) groups is 1. The third-order valence-electron chi connectivity index (χ3n) is 4.69. The lowest BCUT2D eigenvalue weighted by Gasteiger charge is -2.29. The van der Waals surface area contributed by atoms with E-state index >= 15 is 0 Å². The maximum absolute atomic E-state index is 12.0. The standard InChI is InChI=1S/C17H24N2O2/c1-11-3-6-16(7-12(11)2)21-10-17(20)19-15-8-13-4-5-14(9-15)18-13/h3,6-7,13-15,18H,4-5,8-10H2,1-2H3,(H,19,20). The highest BCUT2D eigenvalue weighted by Gasteiger charge is 2.33. The fraction of sp³-hybridized carbons (Fsp3) is 0.588. The van der Waals surface area contributed by atoms with Crippen LogP contribution in [0.1, 0.15) is 36.8 Å². The summed E-state index contributed by atoms with van der Waals surface area (Å²) >= 11 is 0. The molecule has 2 aliphatic rings. The van der Waals surface area contributed by atoms with Gasteiger partial charge in [-0.2, -0.15) is 0 Å². The summed E-state index contributed by atoms with van der Waals surface area (Å²) in [6, 6.07) is 7.41. The van der Waals surface area contributed by atoms with Gasteiger partial charge in [-0.3, -0.25) is 4.79 Å².